The fraction of sp³-hybridized carbons (Fsp3) is 0.250. The molecule has 0 aromatic carbocycles. The molecule has 2 rings (SSSR count). The number of furan rings is 1. The predicted molar refractivity (Wildman–Crippen MR) is 61.5 cm³/mol. The molecule has 0 aliphatic heterocycles. The van der Waals surface area contributed by atoms with Gasteiger partial charge >= 0.3 is 0 Å². The molecule has 2 aromatic rings. The quantitative estimate of drug-likeness (QED) is 0.585. The highest BCUT2D eigenvalue weighted by Crippen LogP contribution is 2.08. The molecule has 4 nitrogen and oxygen atoms in total. The molecule has 0 aliphatic carbocycles. The van der Waals surface area contributed by atoms with E-state index in [1.807, 2.05) is 24.4 Å². The van der Waals surface area contributed by atoms with Crippen LogP contribution in [0.25, 0.3) is 0 Å². The molecule has 16 heavy (non-hydrogen) atoms. The van der Waals surface area contributed by atoms with Gasteiger partial charge in [0, 0.05) is 18.4 Å². The third-order valence-electron chi connectivity index (χ3n) is 2.50. The van der Waals surface area contributed by atoms with Crippen LogP contribution in [0.3, 0.4) is 0 Å². The average molecular weight is 217 g/mol. The van der Waals surface area contributed by atoms with E-state index in [2.05, 4.69) is 10.4 Å². The van der Waals surface area contributed by atoms with E-state index in [9.17, 15) is 0 Å². The molecule has 0 radical (unpaired) electrons. The molecular formula is C12H15N3O. The van der Waals surface area contributed by atoms with Crippen LogP contribution in [0.2, 0.25) is 0 Å². The van der Waals surface area contributed by atoms with Crippen LogP contribution in [0.15, 0.2) is 47.5 Å². The van der Waals surface area contributed by atoms with E-state index in [0.29, 0.717) is 0 Å². The number of hydrogen-bond donors (Lipinski definition) is 2. The largest absolute Gasteiger partial charge is 0.472 e. The lowest BCUT2D eigenvalue weighted by atomic mass is 10.0. The van der Waals surface area contributed by atoms with E-state index >= 15 is 0 Å². The Morgan fingerprint density at radius 3 is 2.81 bits per heavy atom. The summed E-state index contributed by atoms with van der Waals surface area (Å²) in [7, 11) is 0. The fourth-order valence-electron chi connectivity index (χ4n) is 1.69. The number of nitrogens with two attached hydrogens (primary N) is 1. The van der Waals surface area contributed by atoms with Gasteiger partial charge in [-0.25, -0.2) is 0 Å². The molecule has 0 saturated carbocycles. The van der Waals surface area contributed by atoms with Gasteiger partial charge in [-0.3, -0.25) is 16.3 Å². The van der Waals surface area contributed by atoms with E-state index in [0.717, 1.165) is 18.4 Å². The second-order valence-corrected chi connectivity index (χ2v) is 3.76. The van der Waals surface area contributed by atoms with Crippen molar-refractivity contribution in [3.63, 3.8) is 0 Å². The lowest BCUT2D eigenvalue weighted by Gasteiger charge is -2.14. The molecule has 84 valence electrons. The third kappa shape index (κ3) is 2.92. The molecule has 0 aliphatic rings. The van der Waals surface area contributed by atoms with Gasteiger partial charge in [-0.1, -0.05) is 6.07 Å². The highest BCUT2D eigenvalue weighted by molar-refractivity contribution is 5.13. The van der Waals surface area contributed by atoms with E-state index in [1.54, 1.807) is 18.7 Å². The topological polar surface area (TPSA) is 64.1 Å². The summed E-state index contributed by atoms with van der Waals surface area (Å²) in [6, 6.07) is 6.13. The summed E-state index contributed by atoms with van der Waals surface area (Å²) < 4.78 is 5.03. The third-order valence-corrected chi connectivity index (χ3v) is 2.50. The van der Waals surface area contributed by atoms with Gasteiger partial charge in [0.05, 0.1) is 12.5 Å². The Balaban J connectivity index is 1.96. The Hall–Kier alpha value is -1.65. The molecule has 1 unspecified atom stereocenters. The second kappa shape index (κ2) is 5.44. The van der Waals surface area contributed by atoms with Crippen LogP contribution in [0.4, 0.5) is 0 Å². The standard InChI is InChI=1S/C12H15N3O/c13-15-12(7-11-3-5-16-9-11)6-10-2-1-4-14-8-10/h1-5,8-9,12,15H,6-7,13H2. The predicted octanol–water partition coefficient (Wildman–Crippen LogP) is 1.29. The number of nitrogens with one attached hydrogen (secondary N) is 1. The lowest BCUT2D eigenvalue weighted by molar-refractivity contribution is 0.514. The molecule has 0 amide bonds. The minimum atomic E-state index is 0.196. The summed E-state index contributed by atoms with van der Waals surface area (Å²) in [5.74, 6) is 5.54. The van der Waals surface area contributed by atoms with Gasteiger partial charge in [-0.2, -0.15) is 0 Å². The second-order valence-electron chi connectivity index (χ2n) is 3.76. The number of rotatable bonds is 5. The van der Waals surface area contributed by atoms with Crippen molar-refractivity contribution in [1.29, 1.82) is 0 Å². The van der Waals surface area contributed by atoms with Crippen LogP contribution < -0.4 is 11.3 Å². The molecule has 0 spiro atoms. The highest BCUT2D eigenvalue weighted by Gasteiger charge is 2.09. The van der Waals surface area contributed by atoms with Gasteiger partial charge in [0.2, 0.25) is 0 Å². The molecule has 0 fully saturated rings. The molecular weight excluding hydrogens is 202 g/mol. The number of pyridine rings is 1. The van der Waals surface area contributed by atoms with E-state index < -0.39 is 0 Å². The van der Waals surface area contributed by atoms with Gasteiger partial charge in [0.15, 0.2) is 0 Å². The Morgan fingerprint density at radius 2 is 2.19 bits per heavy atom. The first-order valence-corrected chi connectivity index (χ1v) is 5.24. The maximum Gasteiger partial charge on any atom is 0.0935 e. The van der Waals surface area contributed by atoms with Crippen molar-refractivity contribution in [2.24, 2.45) is 5.84 Å². The van der Waals surface area contributed by atoms with Crippen LogP contribution in [0.5, 0.6) is 0 Å². The Kier molecular flexibility index (Phi) is 3.69. The minimum absolute atomic E-state index is 0.196. The highest BCUT2D eigenvalue weighted by atomic mass is 16.3. The number of hydrazine groups is 1. The Bertz CT molecular complexity index is 399. The van der Waals surface area contributed by atoms with Crippen molar-refractivity contribution in [2.75, 3.05) is 0 Å². The zero-order valence-electron chi connectivity index (χ0n) is 8.97. The van der Waals surface area contributed by atoms with Gasteiger partial charge < -0.3 is 4.42 Å². The summed E-state index contributed by atoms with van der Waals surface area (Å²) >= 11 is 0. The van der Waals surface area contributed by atoms with Crippen molar-refractivity contribution in [3.8, 4) is 0 Å². The number of hydrogen-bond acceptors (Lipinski definition) is 4. The van der Waals surface area contributed by atoms with E-state index in [-0.39, 0.29) is 6.04 Å². The van der Waals surface area contributed by atoms with Crippen molar-refractivity contribution in [3.05, 3.63) is 54.2 Å². The summed E-state index contributed by atoms with van der Waals surface area (Å²) in [4.78, 5) is 4.08. The van der Waals surface area contributed by atoms with E-state index in [1.165, 1.54) is 5.56 Å². The van der Waals surface area contributed by atoms with Crippen LogP contribution in [-0.4, -0.2) is 11.0 Å². The first-order chi connectivity index (χ1) is 7.88. The number of nitrogens with zero attached hydrogens (tertiary/aromatic N) is 1. The zero-order valence-corrected chi connectivity index (χ0v) is 8.97. The SMILES string of the molecule is NNC(Cc1cccnc1)Cc1ccoc1. The van der Waals surface area contributed by atoms with Crippen molar-refractivity contribution in [1.82, 2.24) is 10.4 Å². The molecule has 1 atom stereocenters. The van der Waals surface area contributed by atoms with Gasteiger partial charge in [-0.05, 0) is 36.1 Å². The van der Waals surface area contributed by atoms with E-state index in [4.69, 9.17) is 10.3 Å². The summed E-state index contributed by atoms with van der Waals surface area (Å²) in [6.45, 7) is 0. The fourth-order valence-corrected chi connectivity index (χ4v) is 1.69. The maximum absolute atomic E-state index is 5.54. The monoisotopic (exact) mass is 217 g/mol. The molecule has 3 N–H and O–H groups in total. The van der Waals surface area contributed by atoms with Crippen LogP contribution in [0.1, 0.15) is 11.1 Å². The minimum Gasteiger partial charge on any atom is -0.472 e. The lowest BCUT2D eigenvalue weighted by Crippen LogP contribution is -2.38. The van der Waals surface area contributed by atoms with Crippen molar-refractivity contribution < 1.29 is 4.42 Å². The van der Waals surface area contributed by atoms with Gasteiger partial charge in [-0.15, -0.1) is 0 Å². The molecule has 4 heteroatoms. The summed E-state index contributed by atoms with van der Waals surface area (Å²) in [5, 5.41) is 0. The smallest absolute Gasteiger partial charge is 0.0935 e. The summed E-state index contributed by atoms with van der Waals surface area (Å²) in [5.41, 5.74) is 5.14. The van der Waals surface area contributed by atoms with Crippen molar-refractivity contribution >= 4 is 0 Å². The number of aromatic nitrogens is 1. The van der Waals surface area contributed by atoms with Crippen LogP contribution >= 0.6 is 0 Å². The van der Waals surface area contributed by atoms with Gasteiger partial charge in [0.25, 0.3) is 0 Å². The zero-order chi connectivity index (χ0) is 11.2. The maximum atomic E-state index is 5.54. The summed E-state index contributed by atoms with van der Waals surface area (Å²) in [6.07, 6.45) is 8.75. The first-order valence-electron chi connectivity index (χ1n) is 5.24. The van der Waals surface area contributed by atoms with Gasteiger partial charge in [0.1, 0.15) is 0 Å². The van der Waals surface area contributed by atoms with Crippen molar-refractivity contribution in [2.45, 2.75) is 18.9 Å². The first kappa shape index (κ1) is 10.9. The van der Waals surface area contributed by atoms with Crippen LogP contribution in [0, 0.1) is 0 Å². The molecule has 0 bridgehead atoms. The molecule has 2 aromatic heterocycles. The normalized spacial score (nSPS) is 12.6. The average Bonchev–Trinajstić information content (AvgIpc) is 2.82. The molecule has 2 heterocycles. The Labute approximate surface area is 94.5 Å². The Morgan fingerprint density at radius 1 is 1.31 bits per heavy atom. The van der Waals surface area contributed by atoms with Crippen LogP contribution in [-0.2, 0) is 12.8 Å². The molecule has 0 saturated heterocycles.